The van der Waals surface area contributed by atoms with E-state index in [2.05, 4.69) is 42.5 Å². The molecule has 0 aliphatic carbocycles. The van der Waals surface area contributed by atoms with E-state index < -0.39 is 0 Å². The maximum absolute atomic E-state index is 12.2. The molecule has 3 aromatic rings. The third-order valence-corrected chi connectivity index (χ3v) is 5.00. The molecule has 1 fully saturated rings. The molecule has 0 radical (unpaired) electrons. The predicted molar refractivity (Wildman–Crippen MR) is 94.6 cm³/mol. The van der Waals surface area contributed by atoms with Crippen molar-refractivity contribution in [2.75, 3.05) is 18.0 Å². The van der Waals surface area contributed by atoms with Gasteiger partial charge in [0.15, 0.2) is 0 Å². The van der Waals surface area contributed by atoms with E-state index in [0.717, 1.165) is 42.0 Å². The highest BCUT2D eigenvalue weighted by molar-refractivity contribution is 5.88. The average Bonchev–Trinajstić information content (AvgIpc) is 3.35. The van der Waals surface area contributed by atoms with E-state index in [1.54, 1.807) is 12.3 Å². The van der Waals surface area contributed by atoms with Gasteiger partial charge in [0, 0.05) is 25.0 Å². The lowest BCUT2D eigenvalue weighted by Gasteiger charge is -2.36. The maximum Gasteiger partial charge on any atom is 0.263 e. The molecule has 9 heteroatoms. The summed E-state index contributed by atoms with van der Waals surface area (Å²) in [6, 6.07) is 1.80. The summed E-state index contributed by atoms with van der Waals surface area (Å²) in [5.74, 6) is 0.785. The van der Waals surface area contributed by atoms with Gasteiger partial charge in [-0.15, -0.1) is 0 Å². The number of nitrogens with zero attached hydrogens (tertiary/aromatic N) is 5. The molecule has 4 heterocycles. The van der Waals surface area contributed by atoms with E-state index in [0.29, 0.717) is 18.7 Å². The molecule has 9 nitrogen and oxygen atoms in total. The van der Waals surface area contributed by atoms with Crippen molar-refractivity contribution in [2.24, 2.45) is 0 Å². The molecule has 0 spiro atoms. The Balaban J connectivity index is 1.53. The summed E-state index contributed by atoms with van der Waals surface area (Å²) < 4.78 is 5.27. The van der Waals surface area contributed by atoms with Gasteiger partial charge in [0.25, 0.3) is 5.71 Å². The minimum absolute atomic E-state index is 0.0312. The number of aromatic nitrogens is 5. The zero-order valence-corrected chi connectivity index (χ0v) is 14.8. The molecule has 0 unspecified atom stereocenters. The number of hydrogen-bond donors (Lipinski definition) is 2. The molecule has 4 rings (SSSR count). The summed E-state index contributed by atoms with van der Waals surface area (Å²) in [6.45, 7) is 5.44. The average molecular weight is 355 g/mol. The van der Waals surface area contributed by atoms with Gasteiger partial charge in [0.05, 0.1) is 17.7 Å². The molecule has 136 valence electrons. The number of carbonyl (C=O) groups excluding carboxylic acids is 1. The van der Waals surface area contributed by atoms with Crippen LogP contribution in [-0.4, -0.2) is 49.9 Å². The van der Waals surface area contributed by atoms with E-state index in [1.165, 1.54) is 6.33 Å². The number of fused-ring (bicyclic) bond motifs is 1. The summed E-state index contributed by atoms with van der Waals surface area (Å²) in [5, 5.41) is 14.6. The third-order valence-electron chi connectivity index (χ3n) is 5.00. The fourth-order valence-corrected chi connectivity index (χ4v) is 3.58. The fraction of sp³-hybridized carbons (Fsp3) is 0.471. The molecule has 1 atom stereocenters. The maximum atomic E-state index is 12.2. The minimum Gasteiger partial charge on any atom is -0.353 e. The van der Waals surface area contributed by atoms with Gasteiger partial charge in [0.1, 0.15) is 17.5 Å². The molecule has 2 N–H and O–H groups in total. The number of aromatic amines is 1. The van der Waals surface area contributed by atoms with Crippen molar-refractivity contribution in [1.82, 2.24) is 30.6 Å². The highest BCUT2D eigenvalue weighted by Crippen LogP contribution is 2.36. The summed E-state index contributed by atoms with van der Waals surface area (Å²) in [6.07, 6.45) is 5.43. The van der Waals surface area contributed by atoms with Crippen molar-refractivity contribution in [3.63, 3.8) is 0 Å². The van der Waals surface area contributed by atoms with Crippen molar-refractivity contribution in [3.05, 3.63) is 30.0 Å². The molecule has 1 saturated heterocycles. The van der Waals surface area contributed by atoms with Crippen LogP contribution >= 0.6 is 0 Å². The molecule has 0 aromatic carbocycles. The van der Waals surface area contributed by atoms with Crippen LogP contribution in [0.25, 0.3) is 11.1 Å². The van der Waals surface area contributed by atoms with E-state index in [9.17, 15) is 4.79 Å². The standard InChI is InChI=1S/C17H21N7O2/c1-11-14-15(19-10-20-16(14)26-23-11)24-7-3-5-17(24,2)9-18-13(25)8-12-4-6-21-22-12/h4,6,10H,3,5,7-9H2,1-2H3,(H,18,25)(H,21,22)/t17-/m1/s1. The summed E-state index contributed by atoms with van der Waals surface area (Å²) in [4.78, 5) is 23.1. The molecule has 1 aliphatic rings. The minimum atomic E-state index is -0.228. The first-order valence-corrected chi connectivity index (χ1v) is 8.66. The lowest BCUT2D eigenvalue weighted by molar-refractivity contribution is -0.120. The monoisotopic (exact) mass is 355 g/mol. The van der Waals surface area contributed by atoms with Gasteiger partial charge >= 0.3 is 0 Å². The first-order chi connectivity index (χ1) is 12.6. The second-order valence-corrected chi connectivity index (χ2v) is 6.93. The van der Waals surface area contributed by atoms with Crippen LogP contribution in [0.5, 0.6) is 0 Å². The Kier molecular flexibility index (Phi) is 4.06. The molecule has 0 bridgehead atoms. The highest BCUT2D eigenvalue weighted by atomic mass is 16.5. The predicted octanol–water partition coefficient (Wildman–Crippen LogP) is 1.37. The SMILES string of the molecule is Cc1noc2ncnc(N3CCC[C@]3(C)CNC(=O)Cc3ccn[nH]3)c12. The van der Waals surface area contributed by atoms with E-state index >= 15 is 0 Å². The lowest BCUT2D eigenvalue weighted by Crippen LogP contribution is -2.50. The van der Waals surface area contributed by atoms with E-state index in [-0.39, 0.29) is 11.4 Å². The second-order valence-electron chi connectivity index (χ2n) is 6.93. The molecule has 1 amide bonds. The molecule has 0 saturated carbocycles. The van der Waals surface area contributed by atoms with Gasteiger partial charge in [-0.3, -0.25) is 9.89 Å². The van der Waals surface area contributed by atoms with Crippen LogP contribution in [0.2, 0.25) is 0 Å². The van der Waals surface area contributed by atoms with Gasteiger partial charge < -0.3 is 14.7 Å². The summed E-state index contributed by atoms with van der Waals surface area (Å²) >= 11 is 0. The zero-order valence-electron chi connectivity index (χ0n) is 14.8. The number of aryl methyl sites for hydroxylation is 1. The summed E-state index contributed by atoms with van der Waals surface area (Å²) in [7, 11) is 0. The number of carbonyl (C=O) groups is 1. The Hall–Kier alpha value is -2.97. The number of rotatable bonds is 5. The van der Waals surface area contributed by atoms with Crippen LogP contribution in [-0.2, 0) is 11.2 Å². The second kappa shape index (κ2) is 6.40. The topological polar surface area (TPSA) is 113 Å². The van der Waals surface area contributed by atoms with Crippen molar-refractivity contribution in [1.29, 1.82) is 0 Å². The number of nitrogens with one attached hydrogen (secondary N) is 2. The molecule has 3 aromatic heterocycles. The fourth-order valence-electron chi connectivity index (χ4n) is 3.58. The van der Waals surface area contributed by atoms with Gasteiger partial charge in [-0.25, -0.2) is 4.98 Å². The Morgan fingerprint density at radius 1 is 1.46 bits per heavy atom. The number of anilines is 1. The molecular weight excluding hydrogens is 334 g/mol. The van der Waals surface area contributed by atoms with Crippen LogP contribution in [0.1, 0.15) is 31.2 Å². The number of H-pyrrole nitrogens is 1. The smallest absolute Gasteiger partial charge is 0.263 e. The lowest BCUT2D eigenvalue weighted by atomic mass is 9.98. The van der Waals surface area contributed by atoms with Crippen molar-refractivity contribution in [2.45, 2.75) is 38.6 Å². The molecule has 26 heavy (non-hydrogen) atoms. The van der Waals surface area contributed by atoms with Crippen LogP contribution in [0.3, 0.4) is 0 Å². The highest BCUT2D eigenvalue weighted by Gasteiger charge is 2.39. The van der Waals surface area contributed by atoms with E-state index in [4.69, 9.17) is 4.52 Å². The number of amides is 1. The third kappa shape index (κ3) is 2.89. The van der Waals surface area contributed by atoms with Crippen molar-refractivity contribution in [3.8, 4) is 0 Å². The first kappa shape index (κ1) is 16.5. The Labute approximate surface area is 150 Å². The van der Waals surface area contributed by atoms with Gasteiger partial charge in [-0.2, -0.15) is 10.1 Å². The Morgan fingerprint density at radius 3 is 3.15 bits per heavy atom. The van der Waals surface area contributed by atoms with Crippen LogP contribution in [0.15, 0.2) is 23.1 Å². The Bertz CT molecular complexity index is 920. The van der Waals surface area contributed by atoms with Gasteiger partial charge in [-0.05, 0) is 32.8 Å². The van der Waals surface area contributed by atoms with Crippen LogP contribution in [0.4, 0.5) is 5.82 Å². The van der Waals surface area contributed by atoms with Gasteiger partial charge in [0.2, 0.25) is 5.91 Å². The largest absolute Gasteiger partial charge is 0.353 e. The zero-order chi connectivity index (χ0) is 18.1. The molecular formula is C17H21N7O2. The van der Waals surface area contributed by atoms with Crippen LogP contribution < -0.4 is 10.2 Å². The van der Waals surface area contributed by atoms with Crippen LogP contribution in [0, 0.1) is 6.92 Å². The number of hydrogen-bond acceptors (Lipinski definition) is 7. The summed E-state index contributed by atoms with van der Waals surface area (Å²) in [5.41, 5.74) is 1.83. The van der Waals surface area contributed by atoms with Gasteiger partial charge in [-0.1, -0.05) is 5.16 Å². The Morgan fingerprint density at radius 2 is 2.35 bits per heavy atom. The quantitative estimate of drug-likeness (QED) is 0.710. The molecule has 1 aliphatic heterocycles. The van der Waals surface area contributed by atoms with E-state index in [1.807, 2.05) is 6.92 Å². The van der Waals surface area contributed by atoms with Crippen molar-refractivity contribution >= 4 is 22.8 Å². The first-order valence-electron chi connectivity index (χ1n) is 8.66. The van der Waals surface area contributed by atoms with Crippen molar-refractivity contribution < 1.29 is 9.32 Å². The normalized spacial score (nSPS) is 20.0.